The molecule has 0 aliphatic heterocycles. The molecule has 2 aromatic heterocycles. The molecule has 6 nitrogen and oxygen atoms in total. The van der Waals surface area contributed by atoms with Gasteiger partial charge in [0.05, 0.1) is 12.1 Å². The molecule has 0 saturated carbocycles. The molecule has 3 rings (SSSR count). The third-order valence-corrected chi connectivity index (χ3v) is 2.94. The second-order valence-corrected chi connectivity index (χ2v) is 4.14. The van der Waals surface area contributed by atoms with Crippen LogP contribution in [0.25, 0.3) is 32.8 Å². The van der Waals surface area contributed by atoms with Crippen molar-refractivity contribution in [1.29, 1.82) is 0 Å². The summed E-state index contributed by atoms with van der Waals surface area (Å²) in [4.78, 5) is 2.71. The van der Waals surface area contributed by atoms with Gasteiger partial charge in [-0.1, -0.05) is 23.3 Å². The Labute approximate surface area is 108 Å². The number of para-hydroxylation sites is 1. The second kappa shape index (κ2) is 4.51. The van der Waals surface area contributed by atoms with Crippen LogP contribution in [0.4, 0.5) is 0 Å². The van der Waals surface area contributed by atoms with E-state index < -0.39 is 0 Å². The fraction of sp³-hybridized carbons (Fsp3) is 0.154. The van der Waals surface area contributed by atoms with Crippen LogP contribution in [0.15, 0.2) is 45.9 Å². The number of azide groups is 1. The molecule has 0 atom stereocenters. The fourth-order valence-corrected chi connectivity index (χ4v) is 2.09. The lowest BCUT2D eigenvalue weighted by atomic mass is 10.2. The van der Waals surface area contributed by atoms with E-state index in [0.717, 1.165) is 16.6 Å². The van der Waals surface area contributed by atoms with Gasteiger partial charge in [-0.05, 0) is 23.7 Å². The van der Waals surface area contributed by atoms with E-state index in [4.69, 9.17) is 9.95 Å². The zero-order valence-electron chi connectivity index (χ0n) is 10.3. The van der Waals surface area contributed by atoms with Crippen LogP contribution in [0.3, 0.4) is 0 Å². The van der Waals surface area contributed by atoms with Crippen molar-refractivity contribution in [2.24, 2.45) is 12.2 Å². The van der Waals surface area contributed by atoms with E-state index in [2.05, 4.69) is 15.1 Å². The van der Waals surface area contributed by atoms with Crippen LogP contribution in [0.1, 0.15) is 5.76 Å². The van der Waals surface area contributed by atoms with Gasteiger partial charge in [-0.3, -0.25) is 4.68 Å². The van der Waals surface area contributed by atoms with Crippen molar-refractivity contribution < 1.29 is 4.42 Å². The Hall–Kier alpha value is -2.72. The second-order valence-electron chi connectivity index (χ2n) is 4.14. The largest absolute Gasteiger partial charge is 0.459 e. The summed E-state index contributed by atoms with van der Waals surface area (Å²) in [5.41, 5.74) is 10.1. The third-order valence-electron chi connectivity index (χ3n) is 2.94. The van der Waals surface area contributed by atoms with Crippen LogP contribution in [0, 0.1) is 0 Å². The topological polar surface area (TPSA) is 79.7 Å². The number of aromatic nitrogens is 2. The van der Waals surface area contributed by atoms with Crippen LogP contribution in [0.5, 0.6) is 0 Å². The lowest BCUT2D eigenvalue weighted by molar-refractivity contribution is 0.522. The summed E-state index contributed by atoms with van der Waals surface area (Å²) in [5.74, 6) is 1.31. The van der Waals surface area contributed by atoms with Gasteiger partial charge in [-0.25, -0.2) is 0 Å². The van der Waals surface area contributed by atoms with Crippen molar-refractivity contribution in [3.63, 3.8) is 0 Å². The maximum atomic E-state index is 8.30. The minimum absolute atomic E-state index is 0.210. The maximum absolute atomic E-state index is 8.30. The molecule has 0 aliphatic carbocycles. The standard InChI is InChI=1S/C13H11N5O/c1-18-11-5-3-2-4-10(11)13(16-18)12-7-6-9(19-12)8-15-17-14/h2-7H,8H2,1H3. The van der Waals surface area contributed by atoms with E-state index in [1.54, 1.807) is 6.07 Å². The van der Waals surface area contributed by atoms with Gasteiger partial charge in [0.25, 0.3) is 0 Å². The SMILES string of the molecule is Cn1nc(-c2ccc(CN=[N+]=[N-])o2)c2ccccc21. The quantitative estimate of drug-likeness (QED) is 0.405. The molecule has 94 valence electrons. The van der Waals surface area contributed by atoms with E-state index in [9.17, 15) is 0 Å². The normalized spacial score (nSPS) is 10.6. The highest BCUT2D eigenvalue weighted by molar-refractivity contribution is 5.91. The molecule has 0 bridgehead atoms. The minimum atomic E-state index is 0.210. The monoisotopic (exact) mass is 253 g/mol. The van der Waals surface area contributed by atoms with E-state index >= 15 is 0 Å². The molecule has 19 heavy (non-hydrogen) atoms. The zero-order valence-corrected chi connectivity index (χ0v) is 10.3. The first-order chi connectivity index (χ1) is 9.29. The van der Waals surface area contributed by atoms with Crippen LogP contribution in [-0.4, -0.2) is 9.78 Å². The van der Waals surface area contributed by atoms with Crippen molar-refractivity contribution in [3.05, 3.63) is 52.6 Å². The summed E-state index contributed by atoms with van der Waals surface area (Å²) in [6, 6.07) is 11.6. The first-order valence-electron chi connectivity index (χ1n) is 5.81. The van der Waals surface area contributed by atoms with Crippen LogP contribution >= 0.6 is 0 Å². The lowest BCUT2D eigenvalue weighted by Crippen LogP contribution is -1.88. The van der Waals surface area contributed by atoms with E-state index in [1.165, 1.54) is 0 Å². The predicted molar refractivity (Wildman–Crippen MR) is 71.3 cm³/mol. The Bertz CT molecular complexity index is 779. The number of benzene rings is 1. The first-order valence-corrected chi connectivity index (χ1v) is 5.81. The average Bonchev–Trinajstić information content (AvgIpc) is 3.02. The lowest BCUT2D eigenvalue weighted by Gasteiger charge is -1.92. The molecule has 0 unspecified atom stereocenters. The van der Waals surface area contributed by atoms with Gasteiger partial charge in [0.2, 0.25) is 0 Å². The van der Waals surface area contributed by atoms with Crippen LogP contribution in [-0.2, 0) is 13.6 Å². The Morgan fingerprint density at radius 2 is 2.16 bits per heavy atom. The number of furan rings is 1. The minimum Gasteiger partial charge on any atom is -0.459 e. The molecule has 0 fully saturated rings. The van der Waals surface area contributed by atoms with Crippen molar-refractivity contribution in [3.8, 4) is 11.5 Å². The molecule has 0 amide bonds. The van der Waals surface area contributed by atoms with Gasteiger partial charge in [-0.15, -0.1) is 0 Å². The summed E-state index contributed by atoms with van der Waals surface area (Å²) in [6.45, 7) is 0.210. The number of nitrogens with zero attached hydrogens (tertiary/aromatic N) is 5. The Morgan fingerprint density at radius 1 is 1.32 bits per heavy atom. The first kappa shape index (κ1) is 11.4. The molecule has 1 aromatic carbocycles. The summed E-state index contributed by atoms with van der Waals surface area (Å²) >= 11 is 0. The molecular weight excluding hydrogens is 242 g/mol. The summed E-state index contributed by atoms with van der Waals surface area (Å²) in [5, 5.41) is 8.99. The van der Waals surface area contributed by atoms with Gasteiger partial charge in [0.15, 0.2) is 5.76 Å². The fourth-order valence-electron chi connectivity index (χ4n) is 2.09. The van der Waals surface area contributed by atoms with E-state index in [-0.39, 0.29) is 6.54 Å². The van der Waals surface area contributed by atoms with Gasteiger partial charge in [0, 0.05) is 17.3 Å². The smallest absolute Gasteiger partial charge is 0.155 e. The molecule has 6 heteroatoms. The molecular formula is C13H11N5O. The van der Waals surface area contributed by atoms with E-state index in [1.807, 2.05) is 42.1 Å². The third kappa shape index (κ3) is 1.94. The summed E-state index contributed by atoms with van der Waals surface area (Å²) < 4.78 is 7.47. The summed E-state index contributed by atoms with van der Waals surface area (Å²) in [6.07, 6.45) is 0. The highest BCUT2D eigenvalue weighted by Gasteiger charge is 2.13. The highest BCUT2D eigenvalue weighted by atomic mass is 16.3. The predicted octanol–water partition coefficient (Wildman–Crippen LogP) is 3.64. The van der Waals surface area contributed by atoms with Crippen LogP contribution in [0.2, 0.25) is 0 Å². The number of aryl methyl sites for hydroxylation is 1. The van der Waals surface area contributed by atoms with Crippen molar-refractivity contribution in [1.82, 2.24) is 9.78 Å². The van der Waals surface area contributed by atoms with Gasteiger partial charge >= 0.3 is 0 Å². The molecule has 3 aromatic rings. The molecule has 0 aliphatic rings. The zero-order chi connectivity index (χ0) is 13.2. The van der Waals surface area contributed by atoms with Crippen molar-refractivity contribution >= 4 is 10.9 Å². The number of fused-ring (bicyclic) bond motifs is 1. The molecule has 2 heterocycles. The number of rotatable bonds is 3. The Kier molecular flexibility index (Phi) is 2.70. The van der Waals surface area contributed by atoms with Crippen molar-refractivity contribution in [2.75, 3.05) is 0 Å². The van der Waals surface area contributed by atoms with E-state index in [0.29, 0.717) is 11.5 Å². The number of hydrogen-bond donors (Lipinski definition) is 0. The maximum Gasteiger partial charge on any atom is 0.155 e. The Morgan fingerprint density at radius 3 is 3.00 bits per heavy atom. The van der Waals surface area contributed by atoms with Gasteiger partial charge in [-0.2, -0.15) is 5.10 Å². The summed E-state index contributed by atoms with van der Waals surface area (Å²) in [7, 11) is 1.90. The highest BCUT2D eigenvalue weighted by Crippen LogP contribution is 2.28. The number of hydrogen-bond acceptors (Lipinski definition) is 3. The molecule has 0 spiro atoms. The molecule has 0 radical (unpaired) electrons. The Balaban J connectivity index is 2.09. The average molecular weight is 253 g/mol. The van der Waals surface area contributed by atoms with Gasteiger partial charge in [0.1, 0.15) is 11.5 Å². The van der Waals surface area contributed by atoms with Crippen molar-refractivity contribution in [2.45, 2.75) is 6.54 Å². The van der Waals surface area contributed by atoms with Gasteiger partial charge < -0.3 is 4.42 Å². The molecule has 0 N–H and O–H groups in total. The van der Waals surface area contributed by atoms with Crippen LogP contribution < -0.4 is 0 Å². The molecule has 0 saturated heterocycles.